The van der Waals surface area contributed by atoms with E-state index in [4.69, 9.17) is 5.73 Å². The molecule has 0 fully saturated rings. The molecular formula is C9H13N5O2. The molecule has 1 aromatic rings. The van der Waals surface area contributed by atoms with Crippen LogP contribution in [0.1, 0.15) is 17.4 Å². The topological polar surface area (TPSA) is 102 Å². The fourth-order valence-corrected chi connectivity index (χ4v) is 1.07. The molecule has 0 saturated heterocycles. The van der Waals surface area contributed by atoms with Crippen molar-refractivity contribution in [3.05, 3.63) is 24.3 Å². The van der Waals surface area contributed by atoms with E-state index in [0.29, 0.717) is 5.70 Å². The van der Waals surface area contributed by atoms with Gasteiger partial charge < -0.3 is 16.4 Å². The van der Waals surface area contributed by atoms with E-state index in [2.05, 4.69) is 22.2 Å². The van der Waals surface area contributed by atoms with Crippen LogP contribution in [0.4, 0.5) is 10.6 Å². The molecule has 4 N–H and O–H groups in total. The van der Waals surface area contributed by atoms with Gasteiger partial charge >= 0.3 is 6.03 Å². The Morgan fingerprint density at radius 1 is 1.56 bits per heavy atom. The van der Waals surface area contributed by atoms with Crippen LogP contribution in [0.25, 0.3) is 0 Å². The summed E-state index contributed by atoms with van der Waals surface area (Å²) in [5, 5.41) is 4.82. The Bertz CT molecular complexity index is 449. The highest BCUT2D eigenvalue weighted by molar-refractivity contribution is 5.99. The van der Waals surface area contributed by atoms with Crippen LogP contribution in [0.15, 0.2) is 18.6 Å². The highest BCUT2D eigenvalue weighted by Gasteiger charge is 2.18. The van der Waals surface area contributed by atoms with E-state index >= 15 is 0 Å². The summed E-state index contributed by atoms with van der Waals surface area (Å²) in [6.07, 6.45) is 1.18. The molecule has 0 aliphatic rings. The Morgan fingerprint density at radius 2 is 2.19 bits per heavy atom. The van der Waals surface area contributed by atoms with E-state index in [-0.39, 0.29) is 11.5 Å². The molecular weight excluding hydrogens is 210 g/mol. The number of hydrogen-bond acceptors (Lipinski definition) is 4. The average Bonchev–Trinajstić information content (AvgIpc) is 2.58. The first kappa shape index (κ1) is 11.8. The summed E-state index contributed by atoms with van der Waals surface area (Å²) < 4.78 is 1.05. The van der Waals surface area contributed by atoms with E-state index in [1.807, 2.05) is 0 Å². The molecule has 0 saturated carbocycles. The number of aromatic nitrogens is 2. The lowest BCUT2D eigenvalue weighted by Crippen LogP contribution is -2.26. The molecule has 0 unspecified atom stereocenters. The molecule has 0 atom stereocenters. The average molecular weight is 223 g/mol. The largest absolute Gasteiger partial charge is 0.383 e. The zero-order valence-electron chi connectivity index (χ0n) is 9.07. The van der Waals surface area contributed by atoms with Crippen molar-refractivity contribution >= 4 is 17.8 Å². The Kier molecular flexibility index (Phi) is 3.29. The number of carbonyl (C=O) groups excluding carboxylic acids is 2. The first-order chi connectivity index (χ1) is 7.47. The monoisotopic (exact) mass is 223 g/mol. The standard InChI is InChI=1S/C9H13N5O2/c1-5(2)13-8(15)6-7(10)14(4-12-6)9(16)11-3/h4H,1,10H2,2-3H3,(H,11,16)(H,13,15). The maximum Gasteiger partial charge on any atom is 0.328 e. The van der Waals surface area contributed by atoms with Gasteiger partial charge in [0.1, 0.15) is 12.1 Å². The molecule has 86 valence electrons. The maximum absolute atomic E-state index is 11.5. The van der Waals surface area contributed by atoms with Gasteiger partial charge in [-0.25, -0.2) is 14.3 Å². The zero-order chi connectivity index (χ0) is 12.3. The van der Waals surface area contributed by atoms with E-state index < -0.39 is 11.9 Å². The highest BCUT2D eigenvalue weighted by atomic mass is 16.2. The van der Waals surface area contributed by atoms with Crippen molar-refractivity contribution in [1.82, 2.24) is 20.2 Å². The van der Waals surface area contributed by atoms with Crippen molar-refractivity contribution in [3.63, 3.8) is 0 Å². The van der Waals surface area contributed by atoms with Gasteiger partial charge in [-0.15, -0.1) is 0 Å². The van der Waals surface area contributed by atoms with Crippen molar-refractivity contribution in [2.75, 3.05) is 12.8 Å². The Labute approximate surface area is 92.3 Å². The SMILES string of the molecule is C=C(C)NC(=O)c1ncn(C(=O)NC)c1N. The van der Waals surface area contributed by atoms with Crippen molar-refractivity contribution in [3.8, 4) is 0 Å². The molecule has 0 aliphatic carbocycles. The summed E-state index contributed by atoms with van der Waals surface area (Å²) in [5.41, 5.74) is 6.07. The molecule has 1 aromatic heterocycles. The maximum atomic E-state index is 11.5. The number of nitrogen functional groups attached to an aromatic ring is 1. The second-order valence-electron chi connectivity index (χ2n) is 3.14. The summed E-state index contributed by atoms with van der Waals surface area (Å²) in [4.78, 5) is 26.6. The minimum absolute atomic E-state index is 0.00778. The molecule has 0 radical (unpaired) electrons. The van der Waals surface area contributed by atoms with Gasteiger partial charge in [-0.1, -0.05) is 6.58 Å². The molecule has 0 aromatic carbocycles. The van der Waals surface area contributed by atoms with Crippen LogP contribution < -0.4 is 16.4 Å². The number of imidazole rings is 1. The first-order valence-electron chi connectivity index (χ1n) is 4.49. The zero-order valence-corrected chi connectivity index (χ0v) is 9.07. The molecule has 16 heavy (non-hydrogen) atoms. The van der Waals surface area contributed by atoms with Crippen molar-refractivity contribution in [2.45, 2.75) is 6.92 Å². The summed E-state index contributed by atoms with van der Waals surface area (Å²) in [5.74, 6) is -0.509. The molecule has 2 amide bonds. The third-order valence-corrected chi connectivity index (χ3v) is 1.78. The molecule has 0 spiro atoms. The van der Waals surface area contributed by atoms with E-state index in [0.717, 1.165) is 4.57 Å². The Hall–Kier alpha value is -2.31. The lowest BCUT2D eigenvalue weighted by atomic mass is 10.4. The fraction of sp³-hybridized carbons (Fsp3) is 0.222. The lowest BCUT2D eigenvalue weighted by molar-refractivity contribution is 0.0962. The predicted octanol–water partition coefficient (Wildman–Crippen LogP) is -0.0838. The first-order valence-corrected chi connectivity index (χ1v) is 4.49. The van der Waals surface area contributed by atoms with Crippen LogP contribution in [0.5, 0.6) is 0 Å². The summed E-state index contributed by atoms with van der Waals surface area (Å²) in [6, 6.07) is -0.459. The number of anilines is 1. The third-order valence-electron chi connectivity index (χ3n) is 1.78. The molecule has 0 bridgehead atoms. The van der Waals surface area contributed by atoms with Crippen LogP contribution in [-0.2, 0) is 0 Å². The quantitative estimate of drug-likeness (QED) is 0.652. The number of nitrogens with two attached hydrogens (primary N) is 1. The minimum Gasteiger partial charge on any atom is -0.383 e. The molecule has 1 heterocycles. The van der Waals surface area contributed by atoms with Crippen LogP contribution in [-0.4, -0.2) is 28.5 Å². The third kappa shape index (κ3) is 2.19. The number of nitrogens with zero attached hydrogens (tertiary/aromatic N) is 2. The van der Waals surface area contributed by atoms with Crippen LogP contribution in [0.2, 0.25) is 0 Å². The Morgan fingerprint density at radius 3 is 2.69 bits per heavy atom. The van der Waals surface area contributed by atoms with Crippen LogP contribution in [0, 0.1) is 0 Å². The van der Waals surface area contributed by atoms with Crippen molar-refractivity contribution in [2.24, 2.45) is 0 Å². The summed E-state index contributed by atoms with van der Waals surface area (Å²) >= 11 is 0. The normalized spacial score (nSPS) is 9.62. The van der Waals surface area contributed by atoms with Crippen molar-refractivity contribution < 1.29 is 9.59 Å². The van der Waals surface area contributed by atoms with Gasteiger partial charge in [0.05, 0.1) is 0 Å². The summed E-state index contributed by atoms with van der Waals surface area (Å²) in [6.45, 7) is 5.15. The molecule has 0 aliphatic heterocycles. The van der Waals surface area contributed by atoms with Crippen LogP contribution in [0.3, 0.4) is 0 Å². The van der Waals surface area contributed by atoms with Crippen LogP contribution >= 0.6 is 0 Å². The predicted molar refractivity (Wildman–Crippen MR) is 58.8 cm³/mol. The minimum atomic E-state index is -0.493. The van der Waals surface area contributed by atoms with E-state index in [1.54, 1.807) is 6.92 Å². The molecule has 1 rings (SSSR count). The van der Waals surface area contributed by atoms with E-state index in [1.165, 1.54) is 13.4 Å². The fourth-order valence-electron chi connectivity index (χ4n) is 1.07. The van der Waals surface area contributed by atoms with E-state index in [9.17, 15) is 9.59 Å². The lowest BCUT2D eigenvalue weighted by Gasteiger charge is -2.04. The molecule has 7 heteroatoms. The van der Waals surface area contributed by atoms with Gasteiger partial charge in [-0.2, -0.15) is 0 Å². The summed E-state index contributed by atoms with van der Waals surface area (Å²) in [7, 11) is 1.45. The van der Waals surface area contributed by atoms with Gasteiger partial charge in [-0.05, 0) is 6.92 Å². The van der Waals surface area contributed by atoms with Gasteiger partial charge in [0.15, 0.2) is 5.69 Å². The highest BCUT2D eigenvalue weighted by Crippen LogP contribution is 2.09. The number of allylic oxidation sites excluding steroid dienone is 1. The Balaban J connectivity index is 3.00. The van der Waals surface area contributed by atoms with Gasteiger partial charge in [0.25, 0.3) is 5.91 Å². The van der Waals surface area contributed by atoms with Gasteiger partial charge in [0, 0.05) is 12.7 Å². The smallest absolute Gasteiger partial charge is 0.328 e. The second kappa shape index (κ2) is 4.47. The second-order valence-corrected chi connectivity index (χ2v) is 3.14. The number of amides is 2. The number of nitrogens with one attached hydrogen (secondary N) is 2. The van der Waals surface area contributed by atoms with Crippen molar-refractivity contribution in [1.29, 1.82) is 0 Å². The number of rotatable bonds is 2. The number of carbonyl (C=O) groups is 2. The van der Waals surface area contributed by atoms with Gasteiger partial charge in [0.2, 0.25) is 0 Å². The van der Waals surface area contributed by atoms with Gasteiger partial charge in [-0.3, -0.25) is 4.79 Å². The molecule has 7 nitrogen and oxygen atoms in total. The number of hydrogen-bond donors (Lipinski definition) is 3.